The molecular weight excluding hydrogens is 452 g/mol. The maximum absolute atomic E-state index is 13.5. The minimum absolute atomic E-state index is 0.281. The third kappa shape index (κ3) is 4.43. The lowest BCUT2D eigenvalue weighted by molar-refractivity contribution is -0.533. The van der Waals surface area contributed by atoms with Crippen molar-refractivity contribution in [2.45, 2.75) is 49.9 Å². The molecule has 3 aromatic rings. The van der Waals surface area contributed by atoms with Crippen molar-refractivity contribution < 1.29 is 14.5 Å². The number of benzene rings is 3. The molecule has 3 aromatic carbocycles. The molecule has 1 fully saturated rings. The van der Waals surface area contributed by atoms with E-state index >= 15 is 0 Å². The second-order valence-corrected chi connectivity index (χ2v) is 9.94. The molecule has 176 valence electrons. The van der Waals surface area contributed by atoms with Gasteiger partial charge in [-0.1, -0.05) is 84.4 Å². The quantitative estimate of drug-likeness (QED) is 0.304. The molecule has 1 heterocycles. The van der Waals surface area contributed by atoms with Gasteiger partial charge in [-0.15, -0.1) is 0 Å². The zero-order valence-corrected chi connectivity index (χ0v) is 20.0. The lowest BCUT2D eigenvalue weighted by Crippen LogP contribution is -2.51. The molecule has 3 atom stereocenters. The van der Waals surface area contributed by atoms with E-state index in [1.54, 1.807) is 45.0 Å². The molecule has 1 N–H and O–H groups in total. The Morgan fingerprint density at radius 2 is 1.44 bits per heavy atom. The van der Waals surface area contributed by atoms with Gasteiger partial charge >= 0.3 is 5.97 Å². The van der Waals surface area contributed by atoms with E-state index in [2.05, 4.69) is 5.32 Å². The number of nitrogens with one attached hydrogen (secondary N) is 1. The van der Waals surface area contributed by atoms with Gasteiger partial charge in [0.15, 0.2) is 0 Å². The number of nitrogens with zero attached hydrogens (tertiary/aromatic N) is 1. The second kappa shape index (κ2) is 9.20. The fourth-order valence-corrected chi connectivity index (χ4v) is 4.99. The molecule has 7 heteroatoms. The Morgan fingerprint density at radius 3 is 1.88 bits per heavy atom. The smallest absolute Gasteiger partial charge is 0.324 e. The first kappa shape index (κ1) is 23.9. The Kier molecular flexibility index (Phi) is 6.47. The van der Waals surface area contributed by atoms with E-state index < -0.39 is 35.1 Å². The van der Waals surface area contributed by atoms with E-state index in [0.717, 1.165) is 0 Å². The van der Waals surface area contributed by atoms with Crippen LogP contribution < -0.4 is 5.32 Å². The predicted molar refractivity (Wildman–Crippen MR) is 131 cm³/mol. The van der Waals surface area contributed by atoms with Crippen LogP contribution in [0.5, 0.6) is 0 Å². The highest BCUT2D eigenvalue weighted by Gasteiger charge is 2.64. The van der Waals surface area contributed by atoms with E-state index in [-0.39, 0.29) is 4.92 Å². The fraction of sp³-hybridized carbons (Fsp3) is 0.296. The van der Waals surface area contributed by atoms with Crippen LogP contribution in [-0.4, -0.2) is 28.6 Å². The molecule has 0 amide bonds. The molecule has 4 rings (SSSR count). The number of ether oxygens (including phenoxy) is 1. The van der Waals surface area contributed by atoms with Crippen molar-refractivity contribution in [1.29, 1.82) is 0 Å². The van der Waals surface area contributed by atoms with Gasteiger partial charge in [-0.2, -0.15) is 0 Å². The van der Waals surface area contributed by atoms with Crippen LogP contribution in [0.3, 0.4) is 0 Å². The summed E-state index contributed by atoms with van der Waals surface area (Å²) in [5.41, 5.74) is 0.0276. The Hall–Kier alpha value is -3.22. The summed E-state index contributed by atoms with van der Waals surface area (Å²) < 4.78 is 5.74. The number of rotatable bonds is 5. The van der Waals surface area contributed by atoms with Crippen molar-refractivity contribution in [2.24, 2.45) is 0 Å². The average Bonchev–Trinajstić information content (AvgIpc) is 3.17. The van der Waals surface area contributed by atoms with Gasteiger partial charge in [-0.3, -0.25) is 20.2 Å². The van der Waals surface area contributed by atoms with E-state index in [4.69, 9.17) is 16.3 Å². The normalized spacial score (nSPS) is 21.7. The molecule has 1 aliphatic rings. The van der Waals surface area contributed by atoms with Crippen molar-refractivity contribution in [3.8, 4) is 0 Å². The van der Waals surface area contributed by atoms with E-state index in [1.807, 2.05) is 60.7 Å². The summed E-state index contributed by atoms with van der Waals surface area (Å²) in [6.45, 7) is 5.34. The maximum atomic E-state index is 13.5. The molecule has 1 saturated heterocycles. The van der Waals surface area contributed by atoms with E-state index in [9.17, 15) is 14.9 Å². The Labute approximate surface area is 204 Å². The summed E-state index contributed by atoms with van der Waals surface area (Å²) in [5, 5.41) is 16.8. The zero-order valence-electron chi connectivity index (χ0n) is 19.3. The van der Waals surface area contributed by atoms with Gasteiger partial charge in [0.05, 0.1) is 5.92 Å². The van der Waals surface area contributed by atoms with Crippen LogP contribution in [0.25, 0.3) is 0 Å². The minimum Gasteiger partial charge on any atom is -0.459 e. The molecule has 6 nitrogen and oxygen atoms in total. The van der Waals surface area contributed by atoms with Gasteiger partial charge in [0.1, 0.15) is 17.2 Å². The van der Waals surface area contributed by atoms with Crippen LogP contribution in [0.4, 0.5) is 0 Å². The van der Waals surface area contributed by atoms with Crippen LogP contribution in [0.2, 0.25) is 5.02 Å². The average molecular weight is 479 g/mol. The third-order valence-corrected chi connectivity index (χ3v) is 6.38. The lowest BCUT2D eigenvalue weighted by Gasteiger charge is -2.33. The highest BCUT2D eigenvalue weighted by Crippen LogP contribution is 2.48. The molecule has 0 saturated carbocycles. The molecule has 1 aliphatic heterocycles. The fourth-order valence-electron chi connectivity index (χ4n) is 4.87. The van der Waals surface area contributed by atoms with Gasteiger partial charge < -0.3 is 4.74 Å². The van der Waals surface area contributed by atoms with E-state index in [0.29, 0.717) is 21.7 Å². The number of hydrogen-bond acceptors (Lipinski definition) is 5. The Balaban J connectivity index is 1.98. The highest BCUT2D eigenvalue weighted by molar-refractivity contribution is 6.30. The second-order valence-electron chi connectivity index (χ2n) is 9.50. The molecule has 0 unspecified atom stereocenters. The number of halogens is 1. The van der Waals surface area contributed by atoms with Crippen molar-refractivity contribution in [2.75, 3.05) is 0 Å². The predicted octanol–water partition coefficient (Wildman–Crippen LogP) is 5.33. The standard InChI is InChI=1S/C27H27ClN2O4/c1-26(2,3)34-25(31)23-22(18-14-16-21(28)17-15-18)24(30(32)33)27(29-23,19-10-6-4-7-11-19)20-12-8-5-9-13-20/h4-17,22-24,29H,1-3H3/t22-,23+,24+/m1/s1. The lowest BCUT2D eigenvalue weighted by atomic mass is 9.74. The SMILES string of the molecule is CC(C)(C)OC(=O)[C@H]1NC(c2ccccc2)(c2ccccc2)[C@@H]([N+](=O)[O-])[C@@H]1c1ccc(Cl)cc1. The first-order valence-electron chi connectivity index (χ1n) is 11.1. The number of carbonyl (C=O) groups is 1. The molecule has 0 spiro atoms. The van der Waals surface area contributed by atoms with Gasteiger partial charge in [0.25, 0.3) is 0 Å². The van der Waals surface area contributed by atoms with Gasteiger partial charge in [0, 0.05) is 9.95 Å². The first-order chi connectivity index (χ1) is 16.1. The molecular formula is C27H27ClN2O4. The monoisotopic (exact) mass is 478 g/mol. The van der Waals surface area contributed by atoms with Crippen molar-refractivity contribution >= 4 is 17.6 Å². The Morgan fingerprint density at radius 1 is 0.941 bits per heavy atom. The minimum atomic E-state index is -1.27. The molecule has 0 aromatic heterocycles. The summed E-state index contributed by atoms with van der Waals surface area (Å²) >= 11 is 6.11. The number of hydrogen-bond donors (Lipinski definition) is 1. The molecule has 0 bridgehead atoms. The topological polar surface area (TPSA) is 81.5 Å². The summed E-state index contributed by atoms with van der Waals surface area (Å²) in [5.74, 6) is -1.34. The van der Waals surface area contributed by atoms with Gasteiger partial charge in [-0.05, 0) is 49.6 Å². The van der Waals surface area contributed by atoms with Crippen molar-refractivity contribution in [3.63, 3.8) is 0 Å². The summed E-state index contributed by atoms with van der Waals surface area (Å²) in [4.78, 5) is 26.1. The molecule has 34 heavy (non-hydrogen) atoms. The maximum Gasteiger partial charge on any atom is 0.324 e. The van der Waals surface area contributed by atoms with Crippen LogP contribution in [0.15, 0.2) is 84.9 Å². The van der Waals surface area contributed by atoms with Crippen LogP contribution >= 0.6 is 11.6 Å². The highest BCUT2D eigenvalue weighted by atomic mass is 35.5. The molecule has 0 aliphatic carbocycles. The first-order valence-corrected chi connectivity index (χ1v) is 11.5. The van der Waals surface area contributed by atoms with Crippen LogP contribution in [0, 0.1) is 10.1 Å². The summed E-state index contributed by atoms with van der Waals surface area (Å²) in [6.07, 6.45) is 0. The number of nitro groups is 1. The van der Waals surface area contributed by atoms with E-state index in [1.165, 1.54) is 0 Å². The van der Waals surface area contributed by atoms with Gasteiger partial charge in [-0.25, -0.2) is 0 Å². The summed E-state index contributed by atoms with van der Waals surface area (Å²) in [6, 6.07) is 23.2. The Bertz CT molecular complexity index is 1120. The van der Waals surface area contributed by atoms with Crippen LogP contribution in [-0.2, 0) is 15.1 Å². The number of carbonyl (C=O) groups excluding carboxylic acids is 1. The van der Waals surface area contributed by atoms with Crippen molar-refractivity contribution in [1.82, 2.24) is 5.32 Å². The third-order valence-electron chi connectivity index (χ3n) is 6.13. The molecule has 0 radical (unpaired) electrons. The van der Waals surface area contributed by atoms with Crippen molar-refractivity contribution in [3.05, 3.63) is 117 Å². The zero-order chi connectivity index (χ0) is 24.5. The van der Waals surface area contributed by atoms with Gasteiger partial charge in [0.2, 0.25) is 6.04 Å². The largest absolute Gasteiger partial charge is 0.459 e. The number of esters is 1. The summed E-state index contributed by atoms with van der Waals surface area (Å²) in [7, 11) is 0. The van der Waals surface area contributed by atoms with Crippen LogP contribution in [0.1, 0.15) is 43.4 Å².